The molecule has 0 aromatic heterocycles. The topological polar surface area (TPSA) is 131 Å². The lowest BCUT2D eigenvalue weighted by Crippen LogP contribution is -2.53. The summed E-state index contributed by atoms with van der Waals surface area (Å²) in [5, 5.41) is 15.4. The third kappa shape index (κ3) is 8.63. The van der Waals surface area contributed by atoms with Gasteiger partial charge in [0, 0.05) is 23.9 Å². The number of ether oxygens (including phenoxy) is 1. The molecule has 3 atom stereocenters. The summed E-state index contributed by atoms with van der Waals surface area (Å²) < 4.78 is 5.67. The zero-order chi connectivity index (χ0) is 26.8. The number of carboxylic acids is 1. The Morgan fingerprint density at radius 1 is 0.892 bits per heavy atom. The molecule has 0 radical (unpaired) electrons. The summed E-state index contributed by atoms with van der Waals surface area (Å²) in [4.78, 5) is 38.5. The van der Waals surface area contributed by atoms with Crippen LogP contribution >= 0.6 is 11.6 Å². The summed E-state index contributed by atoms with van der Waals surface area (Å²) in [6.45, 7) is 1.92. The first-order valence-corrected chi connectivity index (χ1v) is 12.2. The molecule has 3 rings (SSSR count). The van der Waals surface area contributed by atoms with Gasteiger partial charge in [-0.2, -0.15) is 0 Å². The molecular formula is C28H30ClN3O5. The fraction of sp³-hybridized carbons (Fsp3) is 0.250. The fourth-order valence-electron chi connectivity index (χ4n) is 3.64. The van der Waals surface area contributed by atoms with Crippen LogP contribution in [0.2, 0.25) is 5.02 Å². The first-order valence-electron chi connectivity index (χ1n) is 11.8. The maximum absolute atomic E-state index is 13.3. The highest BCUT2D eigenvalue weighted by Crippen LogP contribution is 2.24. The summed E-state index contributed by atoms with van der Waals surface area (Å²) in [5.41, 5.74) is 7.51. The molecule has 37 heavy (non-hydrogen) atoms. The Morgan fingerprint density at radius 2 is 1.46 bits per heavy atom. The molecule has 194 valence electrons. The molecule has 2 amide bonds. The highest BCUT2D eigenvalue weighted by Gasteiger charge is 2.28. The van der Waals surface area contributed by atoms with Crippen LogP contribution in [0.25, 0.3) is 0 Å². The number of aliphatic carboxylic acids is 1. The number of nitrogens with one attached hydrogen (secondary N) is 2. The Balaban J connectivity index is 1.83. The Hall–Kier alpha value is -3.88. The van der Waals surface area contributed by atoms with Crippen LogP contribution in [-0.2, 0) is 22.4 Å². The maximum atomic E-state index is 13.3. The van der Waals surface area contributed by atoms with Crippen molar-refractivity contribution < 1.29 is 24.2 Å². The standard InChI is InChI=1S/C28H30ClN3O5/c1-18(30)17-37-25-16-21(29)12-13-22(25)26(33)31-23(14-19-8-4-2-5-9-19)27(34)32-24(28(35)36)15-20-10-6-3-7-11-20/h2-13,16,18,23-24H,14-15,17,30H2,1H3,(H,31,33)(H,32,34)(H,35,36)/t18-,23-,24-/m0/s1. The summed E-state index contributed by atoms with van der Waals surface area (Å²) in [7, 11) is 0. The minimum atomic E-state index is -1.18. The molecule has 5 N–H and O–H groups in total. The molecule has 0 bridgehead atoms. The van der Waals surface area contributed by atoms with Crippen LogP contribution in [0.15, 0.2) is 78.9 Å². The fourth-order valence-corrected chi connectivity index (χ4v) is 3.80. The highest BCUT2D eigenvalue weighted by molar-refractivity contribution is 6.30. The molecular weight excluding hydrogens is 494 g/mol. The maximum Gasteiger partial charge on any atom is 0.326 e. The summed E-state index contributed by atoms with van der Waals surface area (Å²) in [6, 6.07) is 20.2. The van der Waals surface area contributed by atoms with Gasteiger partial charge < -0.3 is 26.2 Å². The third-order valence-corrected chi connectivity index (χ3v) is 5.73. The molecule has 3 aromatic rings. The van der Waals surface area contributed by atoms with E-state index >= 15 is 0 Å². The van der Waals surface area contributed by atoms with E-state index in [0.29, 0.717) is 5.02 Å². The Morgan fingerprint density at radius 3 is 2.00 bits per heavy atom. The zero-order valence-electron chi connectivity index (χ0n) is 20.4. The first-order chi connectivity index (χ1) is 17.7. The molecule has 0 aliphatic rings. The van der Waals surface area contributed by atoms with E-state index < -0.39 is 29.9 Å². The minimum Gasteiger partial charge on any atom is -0.491 e. The highest BCUT2D eigenvalue weighted by atomic mass is 35.5. The molecule has 0 spiro atoms. The van der Waals surface area contributed by atoms with Crippen molar-refractivity contribution in [3.63, 3.8) is 0 Å². The molecule has 3 aromatic carbocycles. The summed E-state index contributed by atoms with van der Waals surface area (Å²) in [6.07, 6.45) is 0.250. The monoisotopic (exact) mass is 523 g/mol. The molecule has 0 saturated heterocycles. The second-order valence-corrected chi connectivity index (χ2v) is 9.17. The lowest BCUT2D eigenvalue weighted by Gasteiger charge is -2.22. The van der Waals surface area contributed by atoms with E-state index in [-0.39, 0.29) is 36.8 Å². The number of carboxylic acid groups (broad SMARTS) is 1. The van der Waals surface area contributed by atoms with Crippen LogP contribution < -0.4 is 21.1 Å². The van der Waals surface area contributed by atoms with Gasteiger partial charge in [-0.15, -0.1) is 0 Å². The van der Waals surface area contributed by atoms with Crippen LogP contribution in [-0.4, -0.2) is 47.6 Å². The molecule has 0 aliphatic carbocycles. The molecule has 0 saturated carbocycles. The minimum absolute atomic E-state index is 0.0976. The average molecular weight is 524 g/mol. The number of carbonyl (C=O) groups is 3. The molecule has 0 heterocycles. The Bertz CT molecular complexity index is 1200. The van der Waals surface area contributed by atoms with Crippen molar-refractivity contribution in [2.45, 2.75) is 37.9 Å². The van der Waals surface area contributed by atoms with E-state index in [1.54, 1.807) is 37.3 Å². The van der Waals surface area contributed by atoms with Gasteiger partial charge in [0.2, 0.25) is 5.91 Å². The van der Waals surface area contributed by atoms with Gasteiger partial charge in [0.15, 0.2) is 0 Å². The molecule has 8 nitrogen and oxygen atoms in total. The predicted octanol–water partition coefficient (Wildman–Crippen LogP) is 3.22. The zero-order valence-corrected chi connectivity index (χ0v) is 21.2. The number of hydrogen-bond acceptors (Lipinski definition) is 5. The number of carbonyl (C=O) groups excluding carboxylic acids is 2. The largest absolute Gasteiger partial charge is 0.491 e. The quantitative estimate of drug-likeness (QED) is 0.288. The smallest absolute Gasteiger partial charge is 0.326 e. The number of hydrogen-bond donors (Lipinski definition) is 4. The lowest BCUT2D eigenvalue weighted by atomic mass is 10.0. The van der Waals surface area contributed by atoms with Gasteiger partial charge in [0.25, 0.3) is 5.91 Å². The Kier molecular flexibility index (Phi) is 10.1. The number of halogens is 1. The molecule has 0 fully saturated rings. The van der Waals surface area contributed by atoms with Gasteiger partial charge in [-0.1, -0.05) is 72.3 Å². The number of rotatable bonds is 12. The van der Waals surface area contributed by atoms with Gasteiger partial charge in [0.05, 0.1) is 5.56 Å². The summed E-state index contributed by atoms with van der Waals surface area (Å²) in [5.74, 6) is -2.13. The average Bonchev–Trinajstić information content (AvgIpc) is 2.87. The van der Waals surface area contributed by atoms with E-state index in [9.17, 15) is 19.5 Å². The van der Waals surface area contributed by atoms with Crippen molar-refractivity contribution in [3.8, 4) is 5.75 Å². The predicted molar refractivity (Wildman–Crippen MR) is 142 cm³/mol. The van der Waals surface area contributed by atoms with Gasteiger partial charge in [-0.05, 0) is 36.2 Å². The van der Waals surface area contributed by atoms with E-state index in [4.69, 9.17) is 22.1 Å². The van der Waals surface area contributed by atoms with Crippen molar-refractivity contribution in [1.29, 1.82) is 0 Å². The van der Waals surface area contributed by atoms with E-state index in [1.165, 1.54) is 12.1 Å². The van der Waals surface area contributed by atoms with Crippen LogP contribution in [0.4, 0.5) is 0 Å². The molecule has 0 unspecified atom stereocenters. The normalized spacial score (nSPS) is 13.2. The van der Waals surface area contributed by atoms with Gasteiger partial charge in [0.1, 0.15) is 24.4 Å². The SMILES string of the molecule is C[C@H](N)COc1cc(Cl)ccc1C(=O)N[C@@H](Cc1ccccc1)C(=O)N[C@@H](Cc1ccccc1)C(=O)O. The summed E-state index contributed by atoms with van der Waals surface area (Å²) >= 11 is 6.09. The van der Waals surface area contributed by atoms with Gasteiger partial charge in [-0.25, -0.2) is 4.79 Å². The van der Waals surface area contributed by atoms with Gasteiger partial charge in [-0.3, -0.25) is 9.59 Å². The van der Waals surface area contributed by atoms with Gasteiger partial charge >= 0.3 is 5.97 Å². The van der Waals surface area contributed by atoms with E-state index in [1.807, 2.05) is 36.4 Å². The molecule has 9 heteroatoms. The first kappa shape index (κ1) is 27.7. The van der Waals surface area contributed by atoms with Crippen LogP contribution in [0, 0.1) is 0 Å². The lowest BCUT2D eigenvalue weighted by molar-refractivity contribution is -0.142. The number of benzene rings is 3. The van der Waals surface area contributed by atoms with Crippen molar-refractivity contribution >= 4 is 29.4 Å². The molecule has 0 aliphatic heterocycles. The van der Waals surface area contributed by atoms with E-state index in [2.05, 4.69) is 10.6 Å². The second kappa shape index (κ2) is 13.4. The third-order valence-electron chi connectivity index (χ3n) is 5.49. The Labute approximate surface area is 220 Å². The van der Waals surface area contributed by atoms with Crippen LogP contribution in [0.5, 0.6) is 5.75 Å². The number of amides is 2. The number of nitrogens with two attached hydrogens (primary N) is 1. The van der Waals surface area contributed by atoms with Crippen molar-refractivity contribution in [2.24, 2.45) is 5.73 Å². The van der Waals surface area contributed by atoms with Crippen LogP contribution in [0.1, 0.15) is 28.4 Å². The van der Waals surface area contributed by atoms with Crippen molar-refractivity contribution in [2.75, 3.05) is 6.61 Å². The second-order valence-electron chi connectivity index (χ2n) is 8.73. The van der Waals surface area contributed by atoms with Crippen molar-refractivity contribution in [3.05, 3.63) is 101 Å². The van der Waals surface area contributed by atoms with Crippen LogP contribution in [0.3, 0.4) is 0 Å². The van der Waals surface area contributed by atoms with Crippen molar-refractivity contribution in [1.82, 2.24) is 10.6 Å². The van der Waals surface area contributed by atoms with E-state index in [0.717, 1.165) is 11.1 Å².